The number of carbonyl (C=O) groups is 2. The van der Waals surface area contributed by atoms with Gasteiger partial charge in [0, 0.05) is 24.4 Å². The van der Waals surface area contributed by atoms with Crippen molar-refractivity contribution in [1.82, 2.24) is 14.7 Å². The van der Waals surface area contributed by atoms with Gasteiger partial charge in [0.05, 0.1) is 17.9 Å². The molecule has 0 aliphatic carbocycles. The maximum absolute atomic E-state index is 12.7. The lowest BCUT2D eigenvalue weighted by Crippen LogP contribution is -2.38. The van der Waals surface area contributed by atoms with E-state index in [4.69, 9.17) is 5.10 Å². The van der Waals surface area contributed by atoms with Gasteiger partial charge in [-0.3, -0.25) is 9.59 Å². The highest BCUT2D eigenvalue weighted by Crippen LogP contribution is 2.26. The second-order valence-electron chi connectivity index (χ2n) is 8.47. The van der Waals surface area contributed by atoms with E-state index in [-0.39, 0.29) is 29.7 Å². The van der Waals surface area contributed by atoms with Crippen molar-refractivity contribution < 1.29 is 9.59 Å². The predicted molar refractivity (Wildman–Crippen MR) is 113 cm³/mol. The lowest BCUT2D eigenvalue weighted by Gasteiger charge is -2.21. The lowest BCUT2D eigenvalue weighted by atomic mass is 9.92. The van der Waals surface area contributed by atoms with Gasteiger partial charge in [-0.25, -0.2) is 4.68 Å². The normalized spacial score (nSPS) is 11.5. The zero-order chi connectivity index (χ0) is 20.9. The van der Waals surface area contributed by atoms with Crippen LogP contribution in [0.1, 0.15) is 53.7 Å². The zero-order valence-corrected chi connectivity index (χ0v) is 17.8. The Morgan fingerprint density at radius 3 is 2.36 bits per heavy atom. The Hall–Kier alpha value is -2.63. The van der Waals surface area contributed by atoms with E-state index < -0.39 is 0 Å². The second-order valence-corrected chi connectivity index (χ2v) is 8.47. The van der Waals surface area contributed by atoms with Crippen LogP contribution in [0.3, 0.4) is 0 Å². The van der Waals surface area contributed by atoms with Crippen molar-refractivity contribution in [3.63, 3.8) is 0 Å². The molecule has 2 rings (SSSR count). The Kier molecular flexibility index (Phi) is 7.00. The van der Waals surface area contributed by atoms with Gasteiger partial charge < -0.3 is 10.2 Å². The maximum atomic E-state index is 12.7. The molecule has 1 aromatic carbocycles. The largest absolute Gasteiger partial charge is 0.334 e. The minimum atomic E-state index is -0.225. The van der Waals surface area contributed by atoms with Crippen LogP contribution in [0.5, 0.6) is 0 Å². The standard InChI is InChI=1S/C22H32N4O2/c1-7-25(21(28)13-16(2)3)15-20(27)23-19-14-18(22(4,5)6)24-26(19)17-11-9-8-10-12-17/h8-12,14,16H,7,13,15H2,1-6H3,(H,23,27). The Labute approximate surface area is 167 Å². The Morgan fingerprint density at radius 2 is 1.82 bits per heavy atom. The molecule has 0 radical (unpaired) electrons. The molecule has 0 atom stereocenters. The van der Waals surface area contributed by atoms with E-state index in [1.54, 1.807) is 9.58 Å². The van der Waals surface area contributed by atoms with Gasteiger partial charge in [-0.2, -0.15) is 5.10 Å². The predicted octanol–water partition coefficient (Wildman–Crippen LogP) is 4.00. The molecule has 0 saturated heterocycles. The molecular weight excluding hydrogens is 352 g/mol. The van der Waals surface area contributed by atoms with E-state index in [1.807, 2.05) is 57.2 Å². The molecule has 0 aliphatic rings. The van der Waals surface area contributed by atoms with Crippen LogP contribution in [0.2, 0.25) is 0 Å². The topological polar surface area (TPSA) is 67.2 Å². The first kappa shape index (κ1) is 21.7. The number of aromatic nitrogens is 2. The Balaban J connectivity index is 2.23. The van der Waals surface area contributed by atoms with E-state index in [0.29, 0.717) is 18.8 Å². The molecule has 152 valence electrons. The van der Waals surface area contributed by atoms with Crippen molar-refractivity contribution in [2.75, 3.05) is 18.4 Å². The number of hydrogen-bond acceptors (Lipinski definition) is 3. The number of nitrogens with zero attached hydrogens (tertiary/aromatic N) is 3. The molecule has 2 amide bonds. The van der Waals surface area contributed by atoms with Crippen molar-refractivity contribution >= 4 is 17.6 Å². The van der Waals surface area contributed by atoms with Gasteiger partial charge in [0.15, 0.2) is 0 Å². The highest BCUT2D eigenvalue weighted by Gasteiger charge is 2.22. The molecule has 0 saturated carbocycles. The summed E-state index contributed by atoms with van der Waals surface area (Å²) in [6.07, 6.45) is 0.442. The second kappa shape index (κ2) is 9.04. The van der Waals surface area contributed by atoms with Crippen molar-refractivity contribution in [3.8, 4) is 5.69 Å². The summed E-state index contributed by atoms with van der Waals surface area (Å²) in [5.41, 5.74) is 1.61. The van der Waals surface area contributed by atoms with Gasteiger partial charge >= 0.3 is 0 Å². The van der Waals surface area contributed by atoms with E-state index in [2.05, 4.69) is 26.1 Å². The van der Waals surface area contributed by atoms with E-state index in [0.717, 1.165) is 11.4 Å². The summed E-state index contributed by atoms with van der Waals surface area (Å²) in [6.45, 7) is 12.7. The highest BCUT2D eigenvalue weighted by molar-refractivity contribution is 5.94. The number of rotatable bonds is 7. The fraction of sp³-hybridized carbons (Fsp3) is 0.500. The maximum Gasteiger partial charge on any atom is 0.245 e. The van der Waals surface area contributed by atoms with Crippen molar-refractivity contribution in [2.45, 2.75) is 53.4 Å². The summed E-state index contributed by atoms with van der Waals surface area (Å²) in [4.78, 5) is 26.6. The number of amides is 2. The number of benzene rings is 1. The molecule has 6 heteroatoms. The summed E-state index contributed by atoms with van der Waals surface area (Å²) >= 11 is 0. The number of likely N-dealkylation sites (N-methyl/N-ethyl adjacent to an activating group) is 1. The molecule has 1 heterocycles. The summed E-state index contributed by atoms with van der Waals surface area (Å²) in [6, 6.07) is 11.6. The van der Waals surface area contributed by atoms with Gasteiger partial charge in [-0.15, -0.1) is 0 Å². The highest BCUT2D eigenvalue weighted by atomic mass is 16.2. The fourth-order valence-electron chi connectivity index (χ4n) is 2.81. The molecule has 0 unspecified atom stereocenters. The minimum absolute atomic E-state index is 0.000373. The molecule has 1 aromatic heterocycles. The molecule has 0 bridgehead atoms. The van der Waals surface area contributed by atoms with Gasteiger partial charge in [0.2, 0.25) is 11.8 Å². The first-order valence-corrected chi connectivity index (χ1v) is 9.85. The quantitative estimate of drug-likeness (QED) is 0.784. The van der Waals surface area contributed by atoms with E-state index in [9.17, 15) is 9.59 Å². The molecule has 1 N–H and O–H groups in total. The van der Waals surface area contributed by atoms with Crippen LogP contribution in [-0.4, -0.2) is 39.6 Å². The van der Waals surface area contributed by atoms with Gasteiger partial charge in [0.25, 0.3) is 0 Å². The lowest BCUT2D eigenvalue weighted by molar-refractivity contribution is -0.135. The molecule has 0 fully saturated rings. The number of nitrogens with one attached hydrogen (secondary N) is 1. The SMILES string of the molecule is CCN(CC(=O)Nc1cc(C(C)(C)C)nn1-c1ccccc1)C(=O)CC(C)C. The van der Waals surface area contributed by atoms with Crippen molar-refractivity contribution in [2.24, 2.45) is 5.92 Å². The monoisotopic (exact) mass is 384 g/mol. The molecule has 6 nitrogen and oxygen atoms in total. The third-order valence-corrected chi connectivity index (χ3v) is 4.40. The number of hydrogen-bond donors (Lipinski definition) is 1. The van der Waals surface area contributed by atoms with Crippen LogP contribution in [-0.2, 0) is 15.0 Å². The third kappa shape index (κ3) is 5.68. The number of carbonyl (C=O) groups excluding carboxylic acids is 2. The van der Waals surface area contributed by atoms with Crippen LogP contribution in [0.25, 0.3) is 5.69 Å². The zero-order valence-electron chi connectivity index (χ0n) is 17.8. The molecule has 0 aliphatic heterocycles. The first-order chi connectivity index (χ1) is 13.1. The van der Waals surface area contributed by atoms with Crippen LogP contribution in [0, 0.1) is 5.92 Å². The molecular formula is C22H32N4O2. The Bertz CT molecular complexity index is 804. The van der Waals surface area contributed by atoms with Gasteiger partial charge in [0.1, 0.15) is 5.82 Å². The van der Waals surface area contributed by atoms with Crippen molar-refractivity contribution in [3.05, 3.63) is 42.1 Å². The minimum Gasteiger partial charge on any atom is -0.334 e. The van der Waals surface area contributed by atoms with Gasteiger partial charge in [-0.1, -0.05) is 52.8 Å². The van der Waals surface area contributed by atoms with Crippen LogP contribution < -0.4 is 5.32 Å². The summed E-state index contributed by atoms with van der Waals surface area (Å²) in [5, 5.41) is 7.64. The summed E-state index contributed by atoms with van der Waals surface area (Å²) in [7, 11) is 0. The number of para-hydroxylation sites is 1. The van der Waals surface area contributed by atoms with Gasteiger partial charge in [-0.05, 0) is 25.0 Å². The first-order valence-electron chi connectivity index (χ1n) is 9.85. The molecule has 0 spiro atoms. The average molecular weight is 385 g/mol. The molecule has 28 heavy (non-hydrogen) atoms. The third-order valence-electron chi connectivity index (χ3n) is 4.40. The van der Waals surface area contributed by atoms with Crippen LogP contribution >= 0.6 is 0 Å². The Morgan fingerprint density at radius 1 is 1.18 bits per heavy atom. The molecule has 2 aromatic rings. The fourth-order valence-corrected chi connectivity index (χ4v) is 2.81. The van der Waals surface area contributed by atoms with E-state index in [1.165, 1.54) is 0 Å². The average Bonchev–Trinajstić information content (AvgIpc) is 3.03. The van der Waals surface area contributed by atoms with Crippen LogP contribution in [0.15, 0.2) is 36.4 Å². The number of anilines is 1. The van der Waals surface area contributed by atoms with Crippen molar-refractivity contribution in [1.29, 1.82) is 0 Å². The smallest absolute Gasteiger partial charge is 0.245 e. The van der Waals surface area contributed by atoms with Crippen LogP contribution in [0.4, 0.5) is 5.82 Å². The summed E-state index contributed by atoms with van der Waals surface area (Å²) < 4.78 is 1.74. The van der Waals surface area contributed by atoms with E-state index >= 15 is 0 Å². The summed E-state index contributed by atoms with van der Waals surface area (Å²) in [5.74, 6) is 0.642.